The van der Waals surface area contributed by atoms with Gasteiger partial charge in [0.2, 0.25) is 0 Å². The lowest BCUT2D eigenvalue weighted by Crippen LogP contribution is -2.20. The first kappa shape index (κ1) is 17.2. The predicted molar refractivity (Wildman–Crippen MR) is 83.5 cm³/mol. The molecule has 1 N–H and O–H groups in total. The van der Waals surface area contributed by atoms with Crippen LogP contribution in [-0.4, -0.2) is 38.9 Å². The highest BCUT2D eigenvalue weighted by Gasteiger charge is 2.39. The zero-order chi connectivity index (χ0) is 18.2. The molecule has 6 nitrogen and oxygen atoms in total. The van der Waals surface area contributed by atoms with Gasteiger partial charge in [-0.05, 0) is 24.0 Å². The Morgan fingerprint density at radius 3 is 2.64 bits per heavy atom. The van der Waals surface area contributed by atoms with Crippen LogP contribution in [0.2, 0.25) is 0 Å². The van der Waals surface area contributed by atoms with E-state index in [0.29, 0.717) is 11.5 Å². The maximum atomic E-state index is 12.9. The smallest absolute Gasteiger partial charge is 0.436 e. The Morgan fingerprint density at radius 1 is 1.40 bits per heavy atom. The molecule has 1 saturated heterocycles. The van der Waals surface area contributed by atoms with Gasteiger partial charge >= 0.3 is 12.1 Å². The highest BCUT2D eigenvalue weighted by atomic mass is 19.4. The average molecular weight is 354 g/mol. The van der Waals surface area contributed by atoms with Crippen LogP contribution >= 0.6 is 0 Å². The highest BCUT2D eigenvalue weighted by molar-refractivity contribution is 5.88. The van der Waals surface area contributed by atoms with Gasteiger partial charge in [-0.25, -0.2) is 9.78 Å². The summed E-state index contributed by atoms with van der Waals surface area (Å²) in [5.74, 6) is -0.216. The molecule has 0 unspecified atom stereocenters. The zero-order valence-electron chi connectivity index (χ0n) is 13.5. The van der Waals surface area contributed by atoms with Crippen molar-refractivity contribution >= 4 is 11.8 Å². The van der Waals surface area contributed by atoms with Gasteiger partial charge in [0.25, 0.3) is 0 Å². The van der Waals surface area contributed by atoms with Crippen molar-refractivity contribution in [3.8, 4) is 0 Å². The molecule has 2 aromatic rings. The van der Waals surface area contributed by atoms with Gasteiger partial charge in [-0.1, -0.05) is 13.0 Å². The fraction of sp³-hybridized carbons (Fsp3) is 0.438. The number of anilines is 1. The molecule has 134 valence electrons. The summed E-state index contributed by atoms with van der Waals surface area (Å²) in [6, 6.07) is 3.58. The van der Waals surface area contributed by atoms with Crippen LogP contribution in [0.3, 0.4) is 0 Å². The van der Waals surface area contributed by atoms with E-state index in [1.165, 1.54) is 0 Å². The number of pyridine rings is 1. The van der Waals surface area contributed by atoms with Crippen molar-refractivity contribution in [2.75, 3.05) is 18.0 Å². The third-order valence-electron chi connectivity index (χ3n) is 4.16. The fourth-order valence-electron chi connectivity index (χ4n) is 2.90. The normalized spacial score (nSPS) is 17.9. The van der Waals surface area contributed by atoms with Gasteiger partial charge < -0.3 is 10.0 Å². The Morgan fingerprint density at radius 2 is 2.16 bits per heavy atom. The lowest BCUT2D eigenvalue weighted by molar-refractivity contribution is -0.142. The van der Waals surface area contributed by atoms with E-state index in [4.69, 9.17) is 5.11 Å². The topological polar surface area (TPSA) is 71.2 Å². The van der Waals surface area contributed by atoms with Gasteiger partial charge in [0, 0.05) is 25.5 Å². The Hall–Kier alpha value is -2.58. The summed E-state index contributed by atoms with van der Waals surface area (Å²) in [5, 5.41) is 12.3. The number of hydrogen-bond donors (Lipinski definition) is 1. The van der Waals surface area contributed by atoms with E-state index in [1.807, 2.05) is 6.07 Å². The first-order valence-electron chi connectivity index (χ1n) is 7.82. The van der Waals surface area contributed by atoms with Crippen LogP contribution in [0.1, 0.15) is 35.0 Å². The summed E-state index contributed by atoms with van der Waals surface area (Å²) < 4.78 is 39.6. The van der Waals surface area contributed by atoms with Gasteiger partial charge in [-0.2, -0.15) is 18.3 Å². The fourth-order valence-corrected chi connectivity index (χ4v) is 2.90. The molecule has 0 aliphatic carbocycles. The third kappa shape index (κ3) is 3.75. The second kappa shape index (κ2) is 6.38. The molecule has 0 aromatic carbocycles. The van der Waals surface area contributed by atoms with Crippen LogP contribution < -0.4 is 4.90 Å². The number of alkyl halides is 3. The van der Waals surface area contributed by atoms with E-state index in [0.717, 1.165) is 36.2 Å². The average Bonchev–Trinajstić information content (AvgIpc) is 3.14. The molecule has 0 bridgehead atoms. The van der Waals surface area contributed by atoms with E-state index >= 15 is 0 Å². The van der Waals surface area contributed by atoms with Crippen molar-refractivity contribution in [1.82, 2.24) is 14.8 Å². The molecule has 0 spiro atoms. The van der Waals surface area contributed by atoms with Crippen molar-refractivity contribution in [3.63, 3.8) is 0 Å². The number of rotatable bonds is 4. The number of carboxylic acids is 1. The van der Waals surface area contributed by atoms with Crippen molar-refractivity contribution in [1.29, 1.82) is 0 Å². The molecule has 1 aliphatic rings. The summed E-state index contributed by atoms with van der Waals surface area (Å²) in [7, 11) is 0. The van der Waals surface area contributed by atoms with Crippen LogP contribution in [0.5, 0.6) is 0 Å². The number of nitrogens with zero attached hydrogens (tertiary/aromatic N) is 4. The van der Waals surface area contributed by atoms with E-state index in [1.54, 1.807) is 12.3 Å². The molecule has 2 aromatic heterocycles. The summed E-state index contributed by atoms with van der Waals surface area (Å²) in [5.41, 5.74) is -1.61. The minimum atomic E-state index is -4.81. The molecule has 1 aliphatic heterocycles. The van der Waals surface area contributed by atoms with Crippen molar-refractivity contribution in [2.24, 2.45) is 5.92 Å². The number of carboxylic acid groups (broad SMARTS) is 1. The van der Waals surface area contributed by atoms with Gasteiger partial charge in [0.15, 0.2) is 5.69 Å². The highest BCUT2D eigenvalue weighted by Crippen LogP contribution is 2.31. The molecule has 3 heterocycles. The maximum absolute atomic E-state index is 12.9. The summed E-state index contributed by atoms with van der Waals surface area (Å²) in [6.45, 7) is 4.05. The first-order valence-corrected chi connectivity index (χ1v) is 7.82. The second-order valence-corrected chi connectivity index (χ2v) is 6.26. The molecular formula is C16H17F3N4O2. The van der Waals surface area contributed by atoms with Crippen LogP contribution in [0.4, 0.5) is 19.0 Å². The van der Waals surface area contributed by atoms with E-state index in [9.17, 15) is 18.0 Å². The van der Waals surface area contributed by atoms with Crippen molar-refractivity contribution < 1.29 is 23.1 Å². The number of carbonyl (C=O) groups is 1. The van der Waals surface area contributed by atoms with Crippen molar-refractivity contribution in [2.45, 2.75) is 26.1 Å². The van der Waals surface area contributed by atoms with E-state index in [2.05, 4.69) is 21.9 Å². The lowest BCUT2D eigenvalue weighted by Gasteiger charge is -2.17. The summed E-state index contributed by atoms with van der Waals surface area (Å²) in [4.78, 5) is 17.5. The molecule has 0 radical (unpaired) electrons. The SMILES string of the molecule is C[C@H]1CCN(c2ccc(Cn3cc(C(=O)O)c(C(F)(F)F)n3)cn2)C1. The van der Waals surface area contributed by atoms with Gasteiger partial charge in [0.05, 0.1) is 6.54 Å². The van der Waals surface area contributed by atoms with Crippen LogP contribution in [-0.2, 0) is 12.7 Å². The number of aromatic nitrogens is 3. The first-order chi connectivity index (χ1) is 11.7. The second-order valence-electron chi connectivity index (χ2n) is 6.26. The summed E-state index contributed by atoms with van der Waals surface area (Å²) >= 11 is 0. The van der Waals surface area contributed by atoms with E-state index in [-0.39, 0.29) is 6.54 Å². The zero-order valence-corrected chi connectivity index (χ0v) is 13.5. The molecular weight excluding hydrogens is 337 g/mol. The minimum absolute atomic E-state index is 0.0139. The van der Waals surface area contributed by atoms with Gasteiger partial charge in [-0.3, -0.25) is 4.68 Å². The molecule has 1 fully saturated rings. The van der Waals surface area contributed by atoms with E-state index < -0.39 is 23.4 Å². The Labute approximate surface area is 141 Å². The van der Waals surface area contributed by atoms with Crippen LogP contribution in [0.25, 0.3) is 0 Å². The lowest BCUT2D eigenvalue weighted by atomic mass is 10.2. The third-order valence-corrected chi connectivity index (χ3v) is 4.16. The van der Waals surface area contributed by atoms with Crippen LogP contribution in [0, 0.1) is 5.92 Å². The molecule has 9 heteroatoms. The van der Waals surface area contributed by atoms with Crippen LogP contribution in [0.15, 0.2) is 24.5 Å². The quantitative estimate of drug-likeness (QED) is 0.914. The number of hydrogen-bond acceptors (Lipinski definition) is 4. The number of halogens is 3. The standard InChI is InChI=1S/C16H17F3N4O2/c1-10-4-5-22(7-10)13-3-2-11(6-20-13)8-23-9-12(15(24)25)14(21-23)16(17,18)19/h2-3,6,9-10H,4-5,7-8H2,1H3,(H,24,25)/t10-/m0/s1. The molecule has 0 amide bonds. The Kier molecular flexibility index (Phi) is 4.40. The van der Waals surface area contributed by atoms with Crippen molar-refractivity contribution in [3.05, 3.63) is 41.3 Å². The summed E-state index contributed by atoms with van der Waals surface area (Å²) in [6.07, 6.45) is -1.24. The number of aromatic carboxylic acids is 1. The monoisotopic (exact) mass is 354 g/mol. The minimum Gasteiger partial charge on any atom is -0.478 e. The predicted octanol–water partition coefficient (Wildman–Crippen LogP) is 2.89. The van der Waals surface area contributed by atoms with Gasteiger partial charge in [0.1, 0.15) is 11.4 Å². The largest absolute Gasteiger partial charge is 0.478 e. The Bertz CT molecular complexity index is 771. The maximum Gasteiger partial charge on any atom is 0.436 e. The molecule has 3 rings (SSSR count). The molecule has 0 saturated carbocycles. The molecule has 1 atom stereocenters. The molecule has 25 heavy (non-hydrogen) atoms. The van der Waals surface area contributed by atoms with Gasteiger partial charge in [-0.15, -0.1) is 0 Å². The Balaban J connectivity index is 1.77.